The zero-order valence-corrected chi connectivity index (χ0v) is 13.1. The second-order valence-electron chi connectivity index (χ2n) is 5.53. The van der Waals surface area contributed by atoms with E-state index in [1.165, 1.54) is 16.7 Å². The molecule has 2 aromatic carbocycles. The van der Waals surface area contributed by atoms with Gasteiger partial charge in [-0.05, 0) is 50.5 Å². The van der Waals surface area contributed by atoms with Gasteiger partial charge in [0.25, 0.3) is 0 Å². The van der Waals surface area contributed by atoms with Crippen LogP contribution in [0, 0.1) is 6.92 Å². The van der Waals surface area contributed by atoms with E-state index in [-0.39, 0.29) is 0 Å². The van der Waals surface area contributed by atoms with Crippen molar-refractivity contribution >= 4 is 11.6 Å². The number of hydrogen-bond donors (Lipinski definition) is 1. The first kappa shape index (κ1) is 15.1. The minimum atomic E-state index is 0.359. The summed E-state index contributed by atoms with van der Waals surface area (Å²) < 4.78 is 0. The molecule has 0 radical (unpaired) electrons. The van der Waals surface area contributed by atoms with Crippen LogP contribution in [0.5, 0.6) is 0 Å². The Balaban J connectivity index is 1.93. The predicted molar refractivity (Wildman–Crippen MR) is 87.3 cm³/mol. The van der Waals surface area contributed by atoms with Crippen LogP contribution in [0.1, 0.15) is 36.6 Å². The Morgan fingerprint density at radius 3 is 2.40 bits per heavy atom. The summed E-state index contributed by atoms with van der Waals surface area (Å²) in [7, 11) is 0. The third-order valence-corrected chi connectivity index (χ3v) is 3.78. The van der Waals surface area contributed by atoms with E-state index < -0.39 is 0 Å². The average Bonchev–Trinajstić information content (AvgIpc) is 2.41. The maximum Gasteiger partial charge on any atom is 0.0406 e. The fourth-order valence-electron chi connectivity index (χ4n) is 2.50. The van der Waals surface area contributed by atoms with Gasteiger partial charge in [0.05, 0.1) is 0 Å². The molecule has 1 unspecified atom stereocenters. The van der Waals surface area contributed by atoms with E-state index in [4.69, 9.17) is 11.6 Å². The Kier molecular flexibility index (Phi) is 5.22. The lowest BCUT2D eigenvalue weighted by molar-refractivity contribution is 0.477. The summed E-state index contributed by atoms with van der Waals surface area (Å²) in [5.41, 5.74) is 3.96. The highest BCUT2D eigenvalue weighted by Gasteiger charge is 2.10. The van der Waals surface area contributed by atoms with Crippen LogP contribution in [-0.4, -0.2) is 6.04 Å². The number of benzene rings is 2. The SMILES string of the molecule is Cc1cccc([C@H](C)NC(C)Cc2ccc(Cl)cc2)c1. The van der Waals surface area contributed by atoms with Gasteiger partial charge >= 0.3 is 0 Å². The standard InChI is InChI=1S/C18H22ClN/c1-13-5-4-6-17(11-13)15(3)20-14(2)12-16-7-9-18(19)10-8-16/h4-11,14-15,20H,12H2,1-3H3/t14?,15-/m0/s1. The van der Waals surface area contributed by atoms with E-state index in [1.807, 2.05) is 12.1 Å². The van der Waals surface area contributed by atoms with Crippen molar-refractivity contribution in [3.05, 3.63) is 70.2 Å². The van der Waals surface area contributed by atoms with Gasteiger partial charge in [-0.25, -0.2) is 0 Å². The number of nitrogens with one attached hydrogen (secondary N) is 1. The van der Waals surface area contributed by atoms with E-state index in [0.717, 1.165) is 11.4 Å². The summed E-state index contributed by atoms with van der Waals surface area (Å²) in [5, 5.41) is 4.45. The van der Waals surface area contributed by atoms with Crippen molar-refractivity contribution in [2.75, 3.05) is 0 Å². The number of aryl methyl sites for hydroxylation is 1. The molecule has 2 rings (SSSR count). The topological polar surface area (TPSA) is 12.0 Å². The molecule has 106 valence electrons. The van der Waals surface area contributed by atoms with Crippen LogP contribution in [-0.2, 0) is 6.42 Å². The Morgan fingerprint density at radius 2 is 1.75 bits per heavy atom. The largest absolute Gasteiger partial charge is 0.307 e. The molecule has 0 aromatic heterocycles. The van der Waals surface area contributed by atoms with E-state index >= 15 is 0 Å². The first-order valence-corrected chi connectivity index (χ1v) is 7.49. The van der Waals surface area contributed by atoms with Crippen LogP contribution < -0.4 is 5.32 Å². The lowest BCUT2D eigenvalue weighted by Gasteiger charge is -2.21. The lowest BCUT2D eigenvalue weighted by Crippen LogP contribution is -2.30. The van der Waals surface area contributed by atoms with E-state index in [9.17, 15) is 0 Å². The zero-order valence-electron chi connectivity index (χ0n) is 12.4. The Morgan fingerprint density at radius 1 is 1.05 bits per heavy atom. The molecule has 0 amide bonds. The first-order valence-electron chi connectivity index (χ1n) is 7.11. The third kappa shape index (κ3) is 4.36. The zero-order chi connectivity index (χ0) is 14.5. The van der Waals surface area contributed by atoms with Crippen molar-refractivity contribution in [3.8, 4) is 0 Å². The molecule has 2 aromatic rings. The molecule has 0 saturated carbocycles. The third-order valence-electron chi connectivity index (χ3n) is 3.53. The number of hydrogen-bond acceptors (Lipinski definition) is 1. The van der Waals surface area contributed by atoms with Gasteiger partial charge in [-0.1, -0.05) is 53.6 Å². The van der Waals surface area contributed by atoms with Crippen LogP contribution in [0.25, 0.3) is 0 Å². The van der Waals surface area contributed by atoms with Crippen LogP contribution in [0.2, 0.25) is 5.02 Å². The van der Waals surface area contributed by atoms with Gasteiger partial charge in [0.15, 0.2) is 0 Å². The van der Waals surface area contributed by atoms with Crippen molar-refractivity contribution in [1.82, 2.24) is 5.32 Å². The Bertz CT molecular complexity index is 548. The molecule has 2 atom stereocenters. The maximum atomic E-state index is 5.91. The van der Waals surface area contributed by atoms with Crippen LogP contribution in [0.15, 0.2) is 48.5 Å². The molecule has 0 saturated heterocycles. The molecule has 0 heterocycles. The fourth-order valence-corrected chi connectivity index (χ4v) is 2.62. The second-order valence-corrected chi connectivity index (χ2v) is 5.97. The molecule has 20 heavy (non-hydrogen) atoms. The quantitative estimate of drug-likeness (QED) is 0.822. The molecule has 0 aliphatic carbocycles. The van der Waals surface area contributed by atoms with Gasteiger partial charge in [-0.15, -0.1) is 0 Å². The van der Waals surface area contributed by atoms with Gasteiger partial charge in [-0.2, -0.15) is 0 Å². The smallest absolute Gasteiger partial charge is 0.0406 e. The first-order chi connectivity index (χ1) is 9.54. The predicted octanol–water partition coefficient (Wildman–Crippen LogP) is 4.93. The normalized spacial score (nSPS) is 14.0. The average molecular weight is 288 g/mol. The van der Waals surface area contributed by atoms with Crippen molar-refractivity contribution < 1.29 is 0 Å². The Hall–Kier alpha value is -1.31. The molecule has 2 heteroatoms. The molecule has 0 bridgehead atoms. The number of rotatable bonds is 5. The Labute approximate surface area is 127 Å². The minimum absolute atomic E-state index is 0.359. The summed E-state index contributed by atoms with van der Waals surface area (Å²) in [4.78, 5) is 0. The van der Waals surface area contributed by atoms with Crippen LogP contribution >= 0.6 is 11.6 Å². The molecule has 0 spiro atoms. The van der Waals surface area contributed by atoms with Gasteiger partial charge in [0, 0.05) is 17.1 Å². The van der Waals surface area contributed by atoms with Gasteiger partial charge < -0.3 is 5.32 Å². The lowest BCUT2D eigenvalue weighted by atomic mass is 10.0. The molecule has 0 aliphatic rings. The molecular weight excluding hydrogens is 266 g/mol. The monoisotopic (exact) mass is 287 g/mol. The van der Waals surface area contributed by atoms with E-state index in [2.05, 4.69) is 62.5 Å². The van der Waals surface area contributed by atoms with Gasteiger partial charge in [0.1, 0.15) is 0 Å². The summed E-state index contributed by atoms with van der Waals surface area (Å²) in [6.45, 7) is 6.57. The van der Waals surface area contributed by atoms with Crippen LogP contribution in [0.3, 0.4) is 0 Å². The summed E-state index contributed by atoms with van der Waals surface area (Å²) >= 11 is 5.91. The molecule has 1 nitrogen and oxygen atoms in total. The highest BCUT2D eigenvalue weighted by atomic mass is 35.5. The molecule has 0 fully saturated rings. The minimum Gasteiger partial charge on any atom is -0.307 e. The summed E-state index contributed by atoms with van der Waals surface area (Å²) in [6.07, 6.45) is 1.01. The number of halogens is 1. The fraction of sp³-hybridized carbons (Fsp3) is 0.333. The van der Waals surface area contributed by atoms with Crippen LogP contribution in [0.4, 0.5) is 0 Å². The van der Waals surface area contributed by atoms with E-state index in [0.29, 0.717) is 12.1 Å². The van der Waals surface area contributed by atoms with Gasteiger partial charge in [-0.3, -0.25) is 0 Å². The van der Waals surface area contributed by atoms with E-state index in [1.54, 1.807) is 0 Å². The van der Waals surface area contributed by atoms with Crippen molar-refractivity contribution in [2.24, 2.45) is 0 Å². The highest BCUT2D eigenvalue weighted by molar-refractivity contribution is 6.30. The van der Waals surface area contributed by atoms with Gasteiger partial charge in [0.2, 0.25) is 0 Å². The summed E-state index contributed by atoms with van der Waals surface area (Å²) in [6, 6.07) is 17.5. The molecule has 1 N–H and O–H groups in total. The van der Waals surface area contributed by atoms with Crippen molar-refractivity contribution in [2.45, 2.75) is 39.3 Å². The molecular formula is C18H22ClN. The van der Waals surface area contributed by atoms with Crippen molar-refractivity contribution in [1.29, 1.82) is 0 Å². The second kappa shape index (κ2) is 6.92. The van der Waals surface area contributed by atoms with Crippen molar-refractivity contribution in [3.63, 3.8) is 0 Å². The summed E-state index contributed by atoms with van der Waals surface area (Å²) in [5.74, 6) is 0. The maximum absolute atomic E-state index is 5.91. The molecule has 0 aliphatic heterocycles. The highest BCUT2D eigenvalue weighted by Crippen LogP contribution is 2.16.